The van der Waals surface area contributed by atoms with Gasteiger partial charge in [0.15, 0.2) is 0 Å². The van der Waals surface area contributed by atoms with Gasteiger partial charge in [0.1, 0.15) is 0 Å². The number of hydrazine groups is 1. The third-order valence-electron chi connectivity index (χ3n) is 1.96. The van der Waals surface area contributed by atoms with Crippen LogP contribution in [0.25, 0.3) is 0 Å². The minimum atomic E-state index is 0.597. The molecule has 4 N–H and O–H groups in total. The topological polar surface area (TPSA) is 62.4 Å². The van der Waals surface area contributed by atoms with E-state index in [0.717, 1.165) is 18.7 Å². The standard InChI is InChI=1S/C11H18N4S/c1-3-7-13-11(15-12)14-9-5-4-6-10(8-9)16-2/h4-6,8H,3,7,12H2,1-2H3,(H2,13,14,15). The van der Waals surface area contributed by atoms with Gasteiger partial charge in [-0.05, 0) is 30.9 Å². The third-order valence-corrected chi connectivity index (χ3v) is 2.69. The molecule has 0 unspecified atom stereocenters. The van der Waals surface area contributed by atoms with Crippen molar-refractivity contribution in [3.63, 3.8) is 0 Å². The Labute approximate surface area is 101 Å². The predicted molar refractivity (Wildman–Crippen MR) is 71.8 cm³/mol. The third kappa shape index (κ3) is 4.12. The first-order chi connectivity index (χ1) is 7.80. The van der Waals surface area contributed by atoms with Gasteiger partial charge in [-0.1, -0.05) is 13.0 Å². The lowest BCUT2D eigenvalue weighted by Gasteiger charge is -2.09. The van der Waals surface area contributed by atoms with Crippen molar-refractivity contribution >= 4 is 23.4 Å². The van der Waals surface area contributed by atoms with Crippen LogP contribution in [0.3, 0.4) is 0 Å². The van der Waals surface area contributed by atoms with Crippen LogP contribution in [0.2, 0.25) is 0 Å². The summed E-state index contributed by atoms with van der Waals surface area (Å²) in [6.45, 7) is 2.83. The lowest BCUT2D eigenvalue weighted by molar-refractivity contribution is 0.905. The zero-order valence-electron chi connectivity index (χ0n) is 9.66. The second-order valence-corrected chi connectivity index (χ2v) is 4.11. The number of nitrogens with two attached hydrogens (primary N) is 1. The Kier molecular flexibility index (Phi) is 5.74. The Morgan fingerprint density at radius 2 is 2.31 bits per heavy atom. The fourth-order valence-electron chi connectivity index (χ4n) is 1.18. The van der Waals surface area contributed by atoms with Gasteiger partial charge in [-0.2, -0.15) is 0 Å². The van der Waals surface area contributed by atoms with Crippen molar-refractivity contribution < 1.29 is 0 Å². The van der Waals surface area contributed by atoms with Crippen LogP contribution in [0.4, 0.5) is 5.69 Å². The molecule has 1 aromatic carbocycles. The number of benzene rings is 1. The van der Waals surface area contributed by atoms with Crippen LogP contribution in [-0.4, -0.2) is 18.8 Å². The van der Waals surface area contributed by atoms with Crippen molar-refractivity contribution in [2.75, 3.05) is 18.1 Å². The molecule has 0 aliphatic carbocycles. The SMILES string of the molecule is CCCN=C(NN)Nc1cccc(SC)c1. The fourth-order valence-corrected chi connectivity index (χ4v) is 1.64. The number of thioether (sulfide) groups is 1. The van der Waals surface area contributed by atoms with Gasteiger partial charge in [-0.15, -0.1) is 11.8 Å². The number of rotatable bonds is 4. The molecule has 16 heavy (non-hydrogen) atoms. The highest BCUT2D eigenvalue weighted by atomic mass is 32.2. The molecular formula is C11H18N4S. The van der Waals surface area contributed by atoms with Crippen LogP contribution in [-0.2, 0) is 0 Å². The van der Waals surface area contributed by atoms with Gasteiger partial charge in [-0.3, -0.25) is 10.4 Å². The van der Waals surface area contributed by atoms with Crippen molar-refractivity contribution in [3.05, 3.63) is 24.3 Å². The van der Waals surface area contributed by atoms with E-state index in [0.29, 0.717) is 5.96 Å². The summed E-state index contributed by atoms with van der Waals surface area (Å²) in [7, 11) is 0. The largest absolute Gasteiger partial charge is 0.325 e. The predicted octanol–water partition coefficient (Wildman–Crippen LogP) is 2.05. The molecule has 0 saturated heterocycles. The maximum absolute atomic E-state index is 5.38. The first kappa shape index (κ1) is 12.9. The van der Waals surface area contributed by atoms with Crippen LogP contribution in [0, 0.1) is 0 Å². The minimum absolute atomic E-state index is 0.597. The summed E-state index contributed by atoms with van der Waals surface area (Å²) >= 11 is 1.70. The molecule has 0 radical (unpaired) electrons. The Morgan fingerprint density at radius 3 is 2.94 bits per heavy atom. The molecule has 0 fully saturated rings. The molecule has 1 rings (SSSR count). The van der Waals surface area contributed by atoms with E-state index in [1.165, 1.54) is 4.90 Å². The van der Waals surface area contributed by atoms with Crippen LogP contribution < -0.4 is 16.6 Å². The van der Waals surface area contributed by atoms with Gasteiger partial charge in [0.05, 0.1) is 0 Å². The molecule has 88 valence electrons. The molecule has 0 heterocycles. The zero-order valence-corrected chi connectivity index (χ0v) is 10.5. The number of guanidine groups is 1. The maximum atomic E-state index is 5.38. The molecule has 0 amide bonds. The van der Waals surface area contributed by atoms with Gasteiger partial charge in [0, 0.05) is 17.1 Å². The van der Waals surface area contributed by atoms with Gasteiger partial charge in [0.2, 0.25) is 5.96 Å². The average Bonchev–Trinajstić information content (AvgIpc) is 2.34. The molecule has 5 heteroatoms. The average molecular weight is 238 g/mol. The van der Waals surface area contributed by atoms with Crippen molar-refractivity contribution in [1.29, 1.82) is 0 Å². The van der Waals surface area contributed by atoms with Crippen LogP contribution in [0.1, 0.15) is 13.3 Å². The van der Waals surface area contributed by atoms with E-state index >= 15 is 0 Å². The smallest absolute Gasteiger partial charge is 0.210 e. The number of anilines is 1. The van der Waals surface area contributed by atoms with E-state index < -0.39 is 0 Å². The van der Waals surface area contributed by atoms with Crippen LogP contribution in [0.5, 0.6) is 0 Å². The summed E-state index contributed by atoms with van der Waals surface area (Å²) in [5, 5.41) is 3.14. The van der Waals surface area contributed by atoms with Gasteiger partial charge in [0.25, 0.3) is 0 Å². The van der Waals surface area contributed by atoms with E-state index in [-0.39, 0.29) is 0 Å². The lowest BCUT2D eigenvalue weighted by Crippen LogP contribution is -2.36. The van der Waals surface area contributed by atoms with E-state index in [9.17, 15) is 0 Å². The highest BCUT2D eigenvalue weighted by Gasteiger charge is 1.98. The van der Waals surface area contributed by atoms with Gasteiger partial charge >= 0.3 is 0 Å². The molecule has 0 saturated carbocycles. The molecular weight excluding hydrogens is 220 g/mol. The summed E-state index contributed by atoms with van der Waals surface area (Å²) in [4.78, 5) is 5.48. The molecule has 4 nitrogen and oxygen atoms in total. The highest BCUT2D eigenvalue weighted by molar-refractivity contribution is 7.98. The molecule has 1 aromatic rings. The summed E-state index contributed by atoms with van der Waals surface area (Å²) in [6, 6.07) is 8.11. The van der Waals surface area contributed by atoms with E-state index in [1.807, 2.05) is 18.4 Å². The second kappa shape index (κ2) is 7.14. The van der Waals surface area contributed by atoms with Crippen molar-refractivity contribution in [2.24, 2.45) is 10.8 Å². The van der Waals surface area contributed by atoms with E-state index in [4.69, 9.17) is 5.84 Å². The molecule has 0 aliphatic heterocycles. The van der Waals surface area contributed by atoms with Crippen LogP contribution >= 0.6 is 11.8 Å². The quantitative estimate of drug-likeness (QED) is 0.247. The monoisotopic (exact) mass is 238 g/mol. The molecule has 0 atom stereocenters. The Balaban J connectivity index is 2.69. The first-order valence-electron chi connectivity index (χ1n) is 5.22. The van der Waals surface area contributed by atoms with E-state index in [1.54, 1.807) is 11.8 Å². The minimum Gasteiger partial charge on any atom is -0.325 e. The highest BCUT2D eigenvalue weighted by Crippen LogP contribution is 2.18. The first-order valence-corrected chi connectivity index (χ1v) is 6.44. The number of aliphatic imine (C=N–C) groups is 1. The fraction of sp³-hybridized carbons (Fsp3) is 0.364. The summed E-state index contributed by atoms with van der Waals surface area (Å²) in [6.07, 6.45) is 3.05. The Hall–Kier alpha value is -1.20. The number of hydrogen-bond donors (Lipinski definition) is 3. The second-order valence-electron chi connectivity index (χ2n) is 3.23. The normalized spacial score (nSPS) is 11.3. The summed E-state index contributed by atoms with van der Waals surface area (Å²) in [5.41, 5.74) is 3.54. The Morgan fingerprint density at radius 1 is 1.50 bits per heavy atom. The van der Waals surface area contributed by atoms with Crippen molar-refractivity contribution in [1.82, 2.24) is 5.43 Å². The van der Waals surface area contributed by atoms with Crippen molar-refractivity contribution in [3.8, 4) is 0 Å². The molecule has 0 bridgehead atoms. The summed E-state index contributed by atoms with van der Waals surface area (Å²) in [5.74, 6) is 5.98. The van der Waals surface area contributed by atoms with Gasteiger partial charge < -0.3 is 5.32 Å². The van der Waals surface area contributed by atoms with Crippen molar-refractivity contribution in [2.45, 2.75) is 18.2 Å². The van der Waals surface area contributed by atoms with Crippen LogP contribution in [0.15, 0.2) is 34.2 Å². The number of hydrogen-bond acceptors (Lipinski definition) is 3. The van der Waals surface area contributed by atoms with E-state index in [2.05, 4.69) is 34.8 Å². The Bertz CT molecular complexity index is 352. The number of nitrogens with one attached hydrogen (secondary N) is 2. The van der Waals surface area contributed by atoms with Gasteiger partial charge in [-0.25, -0.2) is 5.84 Å². The number of nitrogens with zero attached hydrogens (tertiary/aromatic N) is 1. The maximum Gasteiger partial charge on any atom is 0.210 e. The zero-order chi connectivity index (χ0) is 11.8. The molecule has 0 aromatic heterocycles. The lowest BCUT2D eigenvalue weighted by atomic mass is 10.3. The molecule has 0 aliphatic rings. The molecule has 0 spiro atoms. The summed E-state index contributed by atoms with van der Waals surface area (Å²) < 4.78 is 0.